The molecule has 0 aliphatic carbocycles. The van der Waals surface area contributed by atoms with E-state index >= 15 is 0 Å². The molecular formula is C31H24N2. The first kappa shape index (κ1) is 19.4. The van der Waals surface area contributed by atoms with Crippen LogP contribution in [0, 0.1) is 0 Å². The van der Waals surface area contributed by atoms with Gasteiger partial charge in [-0.05, 0) is 65.7 Å². The van der Waals surface area contributed by atoms with Crippen molar-refractivity contribution in [3.63, 3.8) is 0 Å². The molecule has 2 heteroatoms. The molecule has 0 atom stereocenters. The molecule has 0 spiro atoms. The number of aryl methyl sites for hydroxylation is 1. The summed E-state index contributed by atoms with van der Waals surface area (Å²) < 4.78 is 2.27. The molecule has 0 radical (unpaired) electrons. The van der Waals surface area contributed by atoms with Crippen LogP contribution in [0.2, 0.25) is 0 Å². The molecule has 0 bridgehead atoms. The highest BCUT2D eigenvalue weighted by Gasteiger charge is 2.13. The Kier molecular flexibility index (Phi) is 4.70. The molecule has 0 unspecified atom stereocenters. The number of fused-ring (bicyclic) bond motifs is 3. The van der Waals surface area contributed by atoms with Crippen LogP contribution < -0.4 is 4.90 Å². The molecule has 33 heavy (non-hydrogen) atoms. The van der Waals surface area contributed by atoms with Crippen molar-refractivity contribution < 1.29 is 0 Å². The maximum absolute atomic E-state index is 2.32. The Morgan fingerprint density at radius 1 is 0.455 bits per heavy atom. The minimum atomic E-state index is 1.14. The Morgan fingerprint density at radius 3 is 1.64 bits per heavy atom. The van der Waals surface area contributed by atoms with E-state index in [4.69, 9.17) is 0 Å². The molecule has 0 N–H and O–H groups in total. The van der Waals surface area contributed by atoms with Crippen molar-refractivity contribution in [2.45, 2.75) is 0 Å². The van der Waals surface area contributed by atoms with Gasteiger partial charge in [-0.3, -0.25) is 0 Å². The molecule has 0 aliphatic heterocycles. The monoisotopic (exact) mass is 424 g/mol. The molecule has 158 valence electrons. The van der Waals surface area contributed by atoms with Crippen molar-refractivity contribution in [1.82, 2.24) is 4.57 Å². The van der Waals surface area contributed by atoms with E-state index in [0.717, 1.165) is 17.1 Å². The van der Waals surface area contributed by atoms with Crippen LogP contribution in [0.4, 0.5) is 17.1 Å². The fourth-order valence-corrected chi connectivity index (χ4v) is 4.75. The van der Waals surface area contributed by atoms with Crippen LogP contribution >= 0.6 is 0 Å². The van der Waals surface area contributed by atoms with Gasteiger partial charge in [-0.25, -0.2) is 0 Å². The lowest BCUT2D eigenvalue weighted by Gasteiger charge is -2.25. The van der Waals surface area contributed by atoms with Crippen LogP contribution in [0.3, 0.4) is 0 Å². The lowest BCUT2D eigenvalue weighted by Crippen LogP contribution is -2.09. The molecular weight excluding hydrogens is 400 g/mol. The van der Waals surface area contributed by atoms with Crippen LogP contribution in [-0.4, -0.2) is 4.57 Å². The van der Waals surface area contributed by atoms with Crippen molar-refractivity contribution in [1.29, 1.82) is 0 Å². The number of aromatic nitrogens is 1. The SMILES string of the molecule is Cn1c2ccccc2c2cc(-c3ccc(N(c4ccccc4)c4ccccc4)cc3)ccc21. The van der Waals surface area contributed by atoms with Gasteiger partial charge in [0.25, 0.3) is 0 Å². The van der Waals surface area contributed by atoms with Crippen LogP contribution in [0.1, 0.15) is 0 Å². The highest BCUT2D eigenvalue weighted by molar-refractivity contribution is 6.09. The summed E-state index contributed by atoms with van der Waals surface area (Å²) in [5.74, 6) is 0. The van der Waals surface area contributed by atoms with Gasteiger partial charge < -0.3 is 9.47 Å². The number of hydrogen-bond acceptors (Lipinski definition) is 1. The van der Waals surface area contributed by atoms with Crippen molar-refractivity contribution >= 4 is 38.9 Å². The van der Waals surface area contributed by atoms with Crippen LogP contribution in [0.5, 0.6) is 0 Å². The number of nitrogens with zero attached hydrogens (tertiary/aromatic N) is 2. The molecule has 1 heterocycles. The fraction of sp³-hybridized carbons (Fsp3) is 0.0323. The zero-order valence-corrected chi connectivity index (χ0v) is 18.5. The van der Waals surface area contributed by atoms with Gasteiger partial charge in [-0.15, -0.1) is 0 Å². The molecule has 0 aliphatic rings. The first-order valence-electron chi connectivity index (χ1n) is 11.3. The number of para-hydroxylation sites is 3. The van der Waals surface area contributed by atoms with Gasteiger partial charge in [0.1, 0.15) is 0 Å². The quantitative estimate of drug-likeness (QED) is 0.275. The summed E-state index contributed by atoms with van der Waals surface area (Å²) in [7, 11) is 2.14. The lowest BCUT2D eigenvalue weighted by atomic mass is 10.0. The highest BCUT2D eigenvalue weighted by Crippen LogP contribution is 2.36. The molecule has 0 amide bonds. The van der Waals surface area contributed by atoms with E-state index < -0.39 is 0 Å². The van der Waals surface area contributed by atoms with E-state index in [9.17, 15) is 0 Å². The topological polar surface area (TPSA) is 8.17 Å². The van der Waals surface area contributed by atoms with Crippen molar-refractivity contribution in [2.24, 2.45) is 7.05 Å². The van der Waals surface area contributed by atoms with E-state index in [1.807, 2.05) is 0 Å². The van der Waals surface area contributed by atoms with E-state index in [-0.39, 0.29) is 0 Å². The summed E-state index contributed by atoms with van der Waals surface area (Å²) >= 11 is 0. The number of benzene rings is 5. The van der Waals surface area contributed by atoms with Crippen LogP contribution in [-0.2, 0) is 7.05 Å². The van der Waals surface area contributed by atoms with E-state index in [2.05, 4.69) is 144 Å². The minimum absolute atomic E-state index is 1.14. The van der Waals surface area contributed by atoms with Gasteiger partial charge in [-0.2, -0.15) is 0 Å². The fourth-order valence-electron chi connectivity index (χ4n) is 4.75. The number of hydrogen-bond donors (Lipinski definition) is 0. The second-order valence-electron chi connectivity index (χ2n) is 8.36. The van der Waals surface area contributed by atoms with Gasteiger partial charge in [0.2, 0.25) is 0 Å². The predicted octanol–water partition coefficient (Wildman–Crippen LogP) is 8.47. The summed E-state index contributed by atoms with van der Waals surface area (Å²) in [5.41, 5.74) is 8.41. The summed E-state index contributed by atoms with van der Waals surface area (Å²) in [6, 6.07) is 45.3. The lowest BCUT2D eigenvalue weighted by molar-refractivity contribution is 1.01. The smallest absolute Gasteiger partial charge is 0.0489 e. The predicted molar refractivity (Wildman–Crippen MR) is 141 cm³/mol. The molecule has 2 nitrogen and oxygen atoms in total. The van der Waals surface area contributed by atoms with Gasteiger partial charge in [-0.1, -0.05) is 72.8 Å². The van der Waals surface area contributed by atoms with E-state index in [1.54, 1.807) is 0 Å². The largest absolute Gasteiger partial charge is 0.344 e. The third kappa shape index (κ3) is 3.37. The Balaban J connectivity index is 1.42. The maximum Gasteiger partial charge on any atom is 0.0489 e. The third-order valence-electron chi connectivity index (χ3n) is 6.40. The Hall–Kier alpha value is -4.30. The second-order valence-corrected chi connectivity index (χ2v) is 8.36. The Bertz CT molecular complexity index is 1510. The Morgan fingerprint density at radius 2 is 0.970 bits per heavy atom. The summed E-state index contributed by atoms with van der Waals surface area (Å²) in [4.78, 5) is 2.29. The number of anilines is 3. The molecule has 5 aromatic carbocycles. The zero-order chi connectivity index (χ0) is 22.2. The second kappa shape index (κ2) is 7.99. The normalized spacial score (nSPS) is 11.2. The van der Waals surface area contributed by atoms with E-state index in [1.165, 1.54) is 32.9 Å². The average Bonchev–Trinajstić information content (AvgIpc) is 3.17. The highest BCUT2D eigenvalue weighted by atomic mass is 15.1. The van der Waals surface area contributed by atoms with Gasteiger partial charge in [0.15, 0.2) is 0 Å². The molecule has 6 rings (SSSR count). The number of rotatable bonds is 4. The average molecular weight is 425 g/mol. The zero-order valence-electron chi connectivity index (χ0n) is 18.5. The minimum Gasteiger partial charge on any atom is -0.344 e. The third-order valence-corrected chi connectivity index (χ3v) is 6.40. The summed E-state index contributed by atoms with van der Waals surface area (Å²) in [6.07, 6.45) is 0. The molecule has 0 fully saturated rings. The summed E-state index contributed by atoms with van der Waals surface area (Å²) in [6.45, 7) is 0. The first-order chi connectivity index (χ1) is 16.3. The van der Waals surface area contributed by atoms with Crippen molar-refractivity contribution in [3.05, 3.63) is 127 Å². The van der Waals surface area contributed by atoms with Gasteiger partial charge >= 0.3 is 0 Å². The van der Waals surface area contributed by atoms with Gasteiger partial charge in [0, 0.05) is 45.9 Å². The van der Waals surface area contributed by atoms with Crippen molar-refractivity contribution in [3.8, 4) is 11.1 Å². The van der Waals surface area contributed by atoms with E-state index in [0.29, 0.717) is 0 Å². The maximum atomic E-state index is 2.32. The summed E-state index contributed by atoms with van der Waals surface area (Å²) in [5, 5.41) is 2.60. The van der Waals surface area contributed by atoms with Gasteiger partial charge in [0.05, 0.1) is 0 Å². The van der Waals surface area contributed by atoms with Crippen LogP contribution in [0.25, 0.3) is 32.9 Å². The van der Waals surface area contributed by atoms with Crippen LogP contribution in [0.15, 0.2) is 127 Å². The standard InChI is InChI=1S/C31H24N2/c1-32-30-15-9-8-14-28(30)29-22-24(18-21-31(29)32)23-16-19-27(20-17-23)33(25-10-4-2-5-11-25)26-12-6-3-7-13-26/h2-22H,1H3. The Labute approximate surface area is 194 Å². The molecule has 0 saturated heterocycles. The van der Waals surface area contributed by atoms with Crippen molar-refractivity contribution in [2.75, 3.05) is 4.90 Å². The first-order valence-corrected chi connectivity index (χ1v) is 11.3. The molecule has 0 saturated carbocycles. The molecule has 1 aromatic heterocycles. The molecule has 6 aromatic rings.